The predicted molar refractivity (Wildman–Crippen MR) is 111 cm³/mol. The fourth-order valence-electron chi connectivity index (χ4n) is 2.68. The van der Waals surface area contributed by atoms with Crippen LogP contribution in [0.15, 0.2) is 60.8 Å². The normalized spacial score (nSPS) is 10.8. The van der Waals surface area contributed by atoms with Crippen molar-refractivity contribution in [1.29, 1.82) is 0 Å². The van der Waals surface area contributed by atoms with E-state index < -0.39 is 0 Å². The van der Waals surface area contributed by atoms with E-state index in [1.165, 1.54) is 0 Å². The number of anilines is 1. The fourth-order valence-corrected chi connectivity index (χ4v) is 2.68. The molecule has 3 N–H and O–H groups in total. The lowest BCUT2D eigenvalue weighted by Crippen LogP contribution is -2.27. The zero-order valence-electron chi connectivity index (χ0n) is 16.3. The number of hydrogen-bond acceptors (Lipinski definition) is 4. The number of rotatable bonds is 8. The van der Waals surface area contributed by atoms with Crippen molar-refractivity contribution in [3.8, 4) is 11.4 Å². The molecule has 1 amide bonds. The maximum absolute atomic E-state index is 12.7. The Labute approximate surface area is 165 Å². The van der Waals surface area contributed by atoms with Gasteiger partial charge in [0.25, 0.3) is 5.91 Å². The molecule has 146 valence electrons. The van der Waals surface area contributed by atoms with Crippen molar-refractivity contribution in [1.82, 2.24) is 15.1 Å². The van der Waals surface area contributed by atoms with E-state index in [9.17, 15) is 4.79 Å². The van der Waals surface area contributed by atoms with Gasteiger partial charge in [-0.15, -0.1) is 0 Å². The number of nitrogens with two attached hydrogens (primary N) is 1. The first-order chi connectivity index (χ1) is 13.5. The number of amides is 1. The Hall–Kier alpha value is -3.28. The van der Waals surface area contributed by atoms with Crippen molar-refractivity contribution in [3.63, 3.8) is 0 Å². The van der Waals surface area contributed by atoms with Gasteiger partial charge in [0.2, 0.25) is 0 Å². The van der Waals surface area contributed by atoms with Crippen molar-refractivity contribution in [2.24, 2.45) is 5.92 Å². The van der Waals surface area contributed by atoms with Gasteiger partial charge in [-0.05, 0) is 42.2 Å². The van der Waals surface area contributed by atoms with Gasteiger partial charge in [0.15, 0.2) is 11.4 Å². The molecule has 1 aromatic heterocycles. The van der Waals surface area contributed by atoms with Crippen molar-refractivity contribution in [2.75, 3.05) is 18.9 Å². The zero-order chi connectivity index (χ0) is 19.9. The summed E-state index contributed by atoms with van der Waals surface area (Å²) in [7, 11) is 0. The number of para-hydroxylation sites is 1. The second-order valence-electron chi connectivity index (χ2n) is 7.07. The number of ether oxygens (including phenoxy) is 1. The van der Waals surface area contributed by atoms with Crippen LogP contribution in [0.5, 0.6) is 5.75 Å². The molecule has 3 rings (SSSR count). The van der Waals surface area contributed by atoms with Gasteiger partial charge in [0, 0.05) is 12.2 Å². The lowest BCUT2D eigenvalue weighted by molar-refractivity contribution is 0.0944. The lowest BCUT2D eigenvalue weighted by atomic mass is 10.1. The van der Waals surface area contributed by atoms with Crippen LogP contribution in [0, 0.1) is 5.92 Å². The van der Waals surface area contributed by atoms with E-state index in [1.807, 2.05) is 54.6 Å². The minimum Gasteiger partial charge on any atom is -0.489 e. The van der Waals surface area contributed by atoms with Crippen molar-refractivity contribution >= 4 is 11.6 Å². The molecule has 2 aromatic carbocycles. The minimum absolute atomic E-state index is 0.246. The van der Waals surface area contributed by atoms with Gasteiger partial charge in [-0.25, -0.2) is 4.68 Å². The number of benzene rings is 2. The van der Waals surface area contributed by atoms with Crippen LogP contribution < -0.4 is 15.8 Å². The van der Waals surface area contributed by atoms with Gasteiger partial charge >= 0.3 is 0 Å². The summed E-state index contributed by atoms with van der Waals surface area (Å²) in [5.41, 5.74) is 8.71. The van der Waals surface area contributed by atoms with E-state index in [4.69, 9.17) is 10.5 Å². The van der Waals surface area contributed by atoms with E-state index >= 15 is 0 Å². The molecule has 3 aromatic rings. The predicted octanol–water partition coefficient (Wildman–Crippen LogP) is 3.46. The van der Waals surface area contributed by atoms with Crippen LogP contribution >= 0.6 is 0 Å². The minimum atomic E-state index is -0.246. The number of aromatic nitrogens is 2. The molecule has 0 atom stereocenters. The molecule has 6 nitrogen and oxygen atoms in total. The van der Waals surface area contributed by atoms with E-state index in [0.29, 0.717) is 36.9 Å². The zero-order valence-corrected chi connectivity index (χ0v) is 16.3. The third-order valence-corrected chi connectivity index (χ3v) is 4.17. The van der Waals surface area contributed by atoms with Crippen molar-refractivity contribution < 1.29 is 9.53 Å². The Morgan fingerprint density at radius 2 is 1.86 bits per heavy atom. The van der Waals surface area contributed by atoms with E-state index in [1.54, 1.807) is 10.9 Å². The van der Waals surface area contributed by atoms with E-state index in [2.05, 4.69) is 24.3 Å². The smallest absolute Gasteiger partial charge is 0.275 e. The number of carbonyl (C=O) groups excluding carboxylic acids is 1. The van der Waals surface area contributed by atoms with E-state index in [-0.39, 0.29) is 5.91 Å². The Morgan fingerprint density at radius 1 is 1.14 bits per heavy atom. The second kappa shape index (κ2) is 9.08. The molecule has 0 spiro atoms. The molecule has 1 heterocycles. The summed E-state index contributed by atoms with van der Waals surface area (Å²) in [6, 6.07) is 17.3. The van der Waals surface area contributed by atoms with Gasteiger partial charge in [0.1, 0.15) is 0 Å². The molecule has 0 bridgehead atoms. The molecule has 0 unspecified atom stereocenters. The molecule has 28 heavy (non-hydrogen) atoms. The quantitative estimate of drug-likeness (QED) is 0.588. The summed E-state index contributed by atoms with van der Waals surface area (Å²) < 4.78 is 7.51. The fraction of sp³-hybridized carbons (Fsp3) is 0.273. The molecule has 0 saturated heterocycles. The summed E-state index contributed by atoms with van der Waals surface area (Å²) in [6.45, 7) is 5.15. The largest absolute Gasteiger partial charge is 0.489 e. The molecular weight excluding hydrogens is 352 g/mol. The number of hydrogen-bond donors (Lipinski definition) is 2. The maximum Gasteiger partial charge on any atom is 0.275 e. The molecule has 0 radical (unpaired) electrons. The van der Waals surface area contributed by atoms with Crippen molar-refractivity contribution in [3.05, 3.63) is 72.1 Å². The highest BCUT2D eigenvalue weighted by molar-refractivity contribution is 5.95. The van der Waals surface area contributed by atoms with Crippen LogP contribution in [-0.4, -0.2) is 28.8 Å². The first kappa shape index (κ1) is 19.5. The number of nitrogens with zero attached hydrogens (tertiary/aromatic N) is 2. The lowest BCUT2D eigenvalue weighted by Gasteiger charge is -2.08. The number of carbonyl (C=O) groups is 1. The van der Waals surface area contributed by atoms with Gasteiger partial charge in [-0.1, -0.05) is 44.2 Å². The van der Waals surface area contributed by atoms with Gasteiger partial charge in [-0.3, -0.25) is 4.79 Å². The van der Waals surface area contributed by atoms with E-state index in [0.717, 1.165) is 16.9 Å². The molecule has 0 aliphatic carbocycles. The Morgan fingerprint density at radius 3 is 2.54 bits per heavy atom. The van der Waals surface area contributed by atoms with Crippen LogP contribution in [0.1, 0.15) is 29.9 Å². The maximum atomic E-state index is 12.7. The highest BCUT2D eigenvalue weighted by Gasteiger charge is 2.19. The molecule has 0 aliphatic heterocycles. The van der Waals surface area contributed by atoms with Crippen LogP contribution in [0.25, 0.3) is 5.69 Å². The molecular formula is C22H26N4O2. The molecule has 0 fully saturated rings. The van der Waals surface area contributed by atoms with Crippen molar-refractivity contribution in [2.45, 2.75) is 20.3 Å². The Kier molecular flexibility index (Phi) is 6.32. The van der Waals surface area contributed by atoms with Crippen LogP contribution in [0.4, 0.5) is 5.69 Å². The third-order valence-electron chi connectivity index (χ3n) is 4.17. The summed E-state index contributed by atoms with van der Waals surface area (Å²) in [5, 5.41) is 7.39. The average Bonchev–Trinajstić information content (AvgIpc) is 3.13. The Balaban J connectivity index is 1.71. The monoisotopic (exact) mass is 378 g/mol. The van der Waals surface area contributed by atoms with Gasteiger partial charge in [-0.2, -0.15) is 5.10 Å². The first-order valence-electron chi connectivity index (χ1n) is 9.43. The van der Waals surface area contributed by atoms with Crippen LogP contribution in [0.2, 0.25) is 0 Å². The topological polar surface area (TPSA) is 82.2 Å². The molecule has 0 aliphatic rings. The number of nitrogen functional groups attached to an aromatic ring is 1. The summed E-state index contributed by atoms with van der Waals surface area (Å²) in [5.74, 6) is 0.591. The third kappa shape index (κ3) is 5.13. The van der Waals surface area contributed by atoms with Crippen LogP contribution in [0.3, 0.4) is 0 Å². The number of nitrogens with one attached hydrogen (secondary N) is 1. The Bertz CT molecular complexity index is 902. The van der Waals surface area contributed by atoms with Gasteiger partial charge in [0.05, 0.1) is 18.5 Å². The molecule has 6 heteroatoms. The summed E-state index contributed by atoms with van der Waals surface area (Å²) >= 11 is 0. The SMILES string of the molecule is CC(C)COc1cn(-c2ccccc2)nc1C(=O)NCCc1ccc(N)cc1. The highest BCUT2D eigenvalue weighted by Crippen LogP contribution is 2.20. The standard InChI is InChI=1S/C22H26N4O2/c1-16(2)15-28-20-14-26(19-6-4-3-5-7-19)25-21(20)22(27)24-13-12-17-8-10-18(23)11-9-17/h3-11,14,16H,12-13,15,23H2,1-2H3,(H,24,27). The first-order valence-corrected chi connectivity index (χ1v) is 9.43. The summed E-state index contributed by atoms with van der Waals surface area (Å²) in [4.78, 5) is 12.7. The van der Waals surface area contributed by atoms with Gasteiger partial charge < -0.3 is 15.8 Å². The highest BCUT2D eigenvalue weighted by atomic mass is 16.5. The average molecular weight is 378 g/mol. The van der Waals surface area contributed by atoms with Crippen LogP contribution in [-0.2, 0) is 6.42 Å². The summed E-state index contributed by atoms with van der Waals surface area (Å²) in [6.07, 6.45) is 2.47. The second-order valence-corrected chi connectivity index (χ2v) is 7.07. The molecule has 0 saturated carbocycles.